The zero-order valence-electron chi connectivity index (χ0n) is 14.7. The molecule has 0 aromatic carbocycles. The van der Waals surface area contributed by atoms with Crippen LogP contribution < -0.4 is 10.6 Å². The molecule has 2 amide bonds. The van der Waals surface area contributed by atoms with Crippen molar-refractivity contribution in [3.05, 3.63) is 0 Å². The van der Waals surface area contributed by atoms with E-state index in [1.807, 2.05) is 0 Å². The molecule has 1 saturated carbocycles. The fourth-order valence-electron chi connectivity index (χ4n) is 2.59. The molecule has 0 atom stereocenters. The van der Waals surface area contributed by atoms with E-state index in [-0.39, 0.29) is 35.2 Å². The highest BCUT2D eigenvalue weighted by Crippen LogP contribution is 2.29. The Morgan fingerprint density at radius 2 is 1.35 bits per heavy atom. The summed E-state index contributed by atoms with van der Waals surface area (Å²) in [5, 5.41) is 5.14. The minimum absolute atomic E-state index is 0.00116. The standard InChI is InChI=1S/C10H17NO2.C7H13NO2/c1-7(12)8-3-5-9(6-4-8)10(13)11-2;1-6(9)4-3-5-7(10)8-2/h8-9H,3-6H2,1-2H3,(H,11,13);3-5H2,1-2H3,(H,8,10). The predicted molar refractivity (Wildman–Crippen MR) is 88.8 cm³/mol. The lowest BCUT2D eigenvalue weighted by atomic mass is 9.80. The van der Waals surface area contributed by atoms with Crippen LogP contribution in [0.25, 0.3) is 0 Å². The second kappa shape index (κ2) is 11.8. The van der Waals surface area contributed by atoms with Crippen molar-refractivity contribution in [1.82, 2.24) is 10.6 Å². The Morgan fingerprint density at radius 1 is 0.826 bits per heavy atom. The summed E-state index contributed by atoms with van der Waals surface area (Å²) < 4.78 is 0. The number of amides is 2. The van der Waals surface area contributed by atoms with Gasteiger partial charge in [-0.25, -0.2) is 0 Å². The Morgan fingerprint density at radius 3 is 1.74 bits per heavy atom. The van der Waals surface area contributed by atoms with Gasteiger partial charge in [0.05, 0.1) is 0 Å². The van der Waals surface area contributed by atoms with E-state index in [1.165, 1.54) is 6.92 Å². The van der Waals surface area contributed by atoms with Crippen molar-refractivity contribution < 1.29 is 19.2 Å². The predicted octanol–water partition coefficient (Wildman–Crippen LogP) is 1.62. The van der Waals surface area contributed by atoms with Crippen molar-refractivity contribution >= 4 is 23.4 Å². The monoisotopic (exact) mass is 326 g/mol. The van der Waals surface area contributed by atoms with E-state index in [0.29, 0.717) is 19.3 Å². The van der Waals surface area contributed by atoms with Crippen LogP contribution in [0.5, 0.6) is 0 Å². The SMILES string of the molecule is CNC(=O)C1CCC(C(C)=O)CC1.CNC(=O)CCCC(C)=O. The van der Waals surface area contributed by atoms with E-state index in [2.05, 4.69) is 10.6 Å². The van der Waals surface area contributed by atoms with Crippen molar-refractivity contribution in [2.75, 3.05) is 14.1 Å². The van der Waals surface area contributed by atoms with Gasteiger partial charge in [0.25, 0.3) is 0 Å². The molecule has 1 aliphatic rings. The number of Topliss-reactive ketones (excluding diaryl/α,β-unsaturated/α-hetero) is 2. The van der Waals surface area contributed by atoms with Crippen LogP contribution in [0.2, 0.25) is 0 Å². The van der Waals surface area contributed by atoms with Gasteiger partial charge >= 0.3 is 0 Å². The Labute approximate surface area is 138 Å². The summed E-state index contributed by atoms with van der Waals surface area (Å²) >= 11 is 0. The van der Waals surface area contributed by atoms with Crippen LogP contribution in [0, 0.1) is 11.8 Å². The molecule has 0 aromatic heterocycles. The summed E-state index contributed by atoms with van der Waals surface area (Å²) in [6.45, 7) is 3.18. The van der Waals surface area contributed by atoms with Crippen LogP contribution in [0.3, 0.4) is 0 Å². The molecule has 0 aromatic rings. The number of nitrogens with one attached hydrogen (secondary N) is 2. The molecule has 2 N–H and O–H groups in total. The number of carbonyl (C=O) groups excluding carboxylic acids is 4. The molecular formula is C17H30N2O4. The number of carbonyl (C=O) groups is 4. The number of ketones is 2. The highest BCUT2D eigenvalue weighted by Gasteiger charge is 2.27. The van der Waals surface area contributed by atoms with E-state index >= 15 is 0 Å². The van der Waals surface area contributed by atoms with E-state index in [1.54, 1.807) is 21.0 Å². The van der Waals surface area contributed by atoms with E-state index in [9.17, 15) is 19.2 Å². The molecule has 0 heterocycles. The first-order valence-corrected chi connectivity index (χ1v) is 8.23. The van der Waals surface area contributed by atoms with Gasteiger partial charge in [-0.2, -0.15) is 0 Å². The largest absolute Gasteiger partial charge is 0.359 e. The average molecular weight is 326 g/mol. The smallest absolute Gasteiger partial charge is 0.222 e. The summed E-state index contributed by atoms with van der Waals surface area (Å²) in [4.78, 5) is 43.2. The molecule has 0 radical (unpaired) electrons. The van der Waals surface area contributed by atoms with Crippen LogP contribution in [-0.4, -0.2) is 37.5 Å². The minimum Gasteiger partial charge on any atom is -0.359 e. The zero-order valence-corrected chi connectivity index (χ0v) is 14.7. The third kappa shape index (κ3) is 9.81. The maximum Gasteiger partial charge on any atom is 0.222 e. The summed E-state index contributed by atoms with van der Waals surface area (Å²) in [6, 6.07) is 0. The molecule has 0 unspecified atom stereocenters. The summed E-state index contributed by atoms with van der Waals surface area (Å²) in [6.07, 6.45) is 5.12. The molecule has 1 fully saturated rings. The zero-order chi connectivity index (χ0) is 17.8. The van der Waals surface area contributed by atoms with Gasteiger partial charge in [-0.15, -0.1) is 0 Å². The quantitative estimate of drug-likeness (QED) is 0.776. The highest BCUT2D eigenvalue weighted by atomic mass is 16.2. The van der Waals surface area contributed by atoms with Crippen LogP contribution in [0.4, 0.5) is 0 Å². The molecule has 23 heavy (non-hydrogen) atoms. The molecule has 132 valence electrons. The second-order valence-corrected chi connectivity index (χ2v) is 6.00. The van der Waals surface area contributed by atoms with Gasteiger partial charge in [-0.05, 0) is 46.0 Å². The lowest BCUT2D eigenvalue weighted by Crippen LogP contribution is -2.31. The van der Waals surface area contributed by atoms with Gasteiger partial charge in [0, 0.05) is 38.8 Å². The maximum atomic E-state index is 11.2. The third-order valence-electron chi connectivity index (χ3n) is 4.13. The van der Waals surface area contributed by atoms with E-state index < -0.39 is 0 Å². The van der Waals surface area contributed by atoms with Crippen molar-refractivity contribution in [3.8, 4) is 0 Å². The summed E-state index contributed by atoms with van der Waals surface area (Å²) in [7, 11) is 3.26. The van der Waals surface area contributed by atoms with Crippen LogP contribution in [0.1, 0.15) is 58.8 Å². The fraction of sp³-hybridized carbons (Fsp3) is 0.765. The molecule has 0 spiro atoms. The van der Waals surface area contributed by atoms with Gasteiger partial charge in [0.15, 0.2) is 0 Å². The molecule has 1 aliphatic carbocycles. The molecule has 0 aliphatic heterocycles. The maximum absolute atomic E-state index is 11.2. The summed E-state index contributed by atoms with van der Waals surface area (Å²) in [5.74, 6) is 0.893. The van der Waals surface area contributed by atoms with Crippen LogP contribution in [0.15, 0.2) is 0 Å². The first-order valence-electron chi connectivity index (χ1n) is 8.23. The van der Waals surface area contributed by atoms with Crippen LogP contribution in [-0.2, 0) is 19.2 Å². The number of rotatable bonds is 6. The Kier molecular flexibility index (Phi) is 10.9. The Hall–Kier alpha value is -1.72. The average Bonchev–Trinajstić information content (AvgIpc) is 2.54. The molecule has 0 saturated heterocycles. The highest BCUT2D eigenvalue weighted by molar-refractivity contribution is 5.80. The van der Waals surface area contributed by atoms with Gasteiger partial charge in [-0.1, -0.05) is 0 Å². The number of hydrogen-bond acceptors (Lipinski definition) is 4. The molecule has 0 bridgehead atoms. The topological polar surface area (TPSA) is 92.3 Å². The Bertz CT molecular complexity index is 413. The Balaban J connectivity index is 0.000000438. The normalized spacial score (nSPS) is 19.8. The molecule has 6 nitrogen and oxygen atoms in total. The van der Waals surface area contributed by atoms with E-state index in [4.69, 9.17) is 0 Å². The first kappa shape index (κ1) is 21.3. The minimum atomic E-state index is 0.00116. The van der Waals surface area contributed by atoms with Crippen molar-refractivity contribution in [2.24, 2.45) is 11.8 Å². The molecule has 1 rings (SSSR count). The molecular weight excluding hydrogens is 296 g/mol. The van der Waals surface area contributed by atoms with Gasteiger partial charge in [0.2, 0.25) is 11.8 Å². The third-order valence-corrected chi connectivity index (χ3v) is 4.13. The van der Waals surface area contributed by atoms with Crippen molar-refractivity contribution in [1.29, 1.82) is 0 Å². The van der Waals surface area contributed by atoms with Gasteiger partial charge in [0.1, 0.15) is 11.6 Å². The van der Waals surface area contributed by atoms with Gasteiger partial charge < -0.3 is 15.4 Å². The lowest BCUT2D eigenvalue weighted by molar-refractivity contribution is -0.128. The second-order valence-electron chi connectivity index (χ2n) is 6.00. The summed E-state index contributed by atoms with van der Waals surface area (Å²) in [5.41, 5.74) is 0. The lowest BCUT2D eigenvalue weighted by Gasteiger charge is -2.25. The van der Waals surface area contributed by atoms with Crippen molar-refractivity contribution in [3.63, 3.8) is 0 Å². The molecule has 6 heteroatoms. The first-order chi connectivity index (χ1) is 10.8. The van der Waals surface area contributed by atoms with Crippen molar-refractivity contribution in [2.45, 2.75) is 58.8 Å². The van der Waals surface area contributed by atoms with Crippen LogP contribution >= 0.6 is 0 Å². The fourth-order valence-corrected chi connectivity index (χ4v) is 2.59. The van der Waals surface area contributed by atoms with E-state index in [0.717, 1.165) is 25.7 Å². The van der Waals surface area contributed by atoms with Gasteiger partial charge in [-0.3, -0.25) is 14.4 Å². The number of hydrogen-bond donors (Lipinski definition) is 2.